The van der Waals surface area contributed by atoms with E-state index < -0.39 is 10.0 Å². The molecule has 26 heavy (non-hydrogen) atoms. The Morgan fingerprint density at radius 2 is 2.04 bits per heavy atom. The van der Waals surface area contributed by atoms with Crippen LogP contribution in [0.2, 0.25) is 0 Å². The number of aliphatic imine (C=N–C) groups is 1. The average molecular weight is 499 g/mol. The minimum absolute atomic E-state index is 0. The largest absolute Gasteiger partial charge is 0.364 e. The van der Waals surface area contributed by atoms with Gasteiger partial charge in [0.05, 0.1) is 5.69 Å². The van der Waals surface area contributed by atoms with Crippen LogP contribution in [-0.4, -0.2) is 68.0 Å². The van der Waals surface area contributed by atoms with Crippen LogP contribution in [0, 0.1) is 5.92 Å². The maximum absolute atomic E-state index is 12.5. The van der Waals surface area contributed by atoms with Gasteiger partial charge in [-0.15, -0.1) is 24.0 Å². The van der Waals surface area contributed by atoms with E-state index in [2.05, 4.69) is 34.2 Å². The van der Waals surface area contributed by atoms with Crippen molar-refractivity contribution in [2.75, 3.05) is 39.3 Å². The lowest BCUT2D eigenvalue weighted by Crippen LogP contribution is -2.53. The van der Waals surface area contributed by atoms with Crippen LogP contribution in [0.25, 0.3) is 0 Å². The molecule has 0 amide bonds. The van der Waals surface area contributed by atoms with Gasteiger partial charge in [-0.3, -0.25) is 4.99 Å². The summed E-state index contributed by atoms with van der Waals surface area (Å²) in [5.41, 5.74) is 0.436. The molecule has 0 aromatic carbocycles. The SMILES string of the molecule is CCNC(=NCCC(C)C)N1CCN(S(=O)(=O)Cc2ccon2)CC1.I. The number of nitrogens with one attached hydrogen (secondary N) is 1. The van der Waals surface area contributed by atoms with E-state index >= 15 is 0 Å². The molecule has 2 heterocycles. The molecule has 1 N–H and O–H groups in total. The molecular formula is C16H30IN5O3S. The van der Waals surface area contributed by atoms with E-state index in [0.29, 0.717) is 37.8 Å². The molecular weight excluding hydrogens is 469 g/mol. The third kappa shape index (κ3) is 7.03. The van der Waals surface area contributed by atoms with Crippen molar-refractivity contribution in [3.8, 4) is 0 Å². The summed E-state index contributed by atoms with van der Waals surface area (Å²) in [7, 11) is -3.37. The minimum Gasteiger partial charge on any atom is -0.364 e. The van der Waals surface area contributed by atoms with Crippen LogP contribution in [0.15, 0.2) is 21.8 Å². The predicted molar refractivity (Wildman–Crippen MR) is 113 cm³/mol. The monoisotopic (exact) mass is 499 g/mol. The summed E-state index contributed by atoms with van der Waals surface area (Å²) in [5, 5.41) is 6.99. The fraction of sp³-hybridized carbons (Fsp3) is 0.750. The lowest BCUT2D eigenvalue weighted by molar-refractivity contribution is 0.259. The van der Waals surface area contributed by atoms with Crippen LogP contribution < -0.4 is 5.32 Å². The molecule has 0 spiro atoms. The standard InChI is InChI=1S/C16H29N5O3S.HI/c1-4-17-16(18-7-5-14(2)3)20-8-10-21(11-9-20)25(22,23)13-15-6-12-24-19-15;/h6,12,14H,4-5,7-11,13H2,1-3H3,(H,17,18);1H. The van der Waals surface area contributed by atoms with E-state index in [9.17, 15) is 8.42 Å². The van der Waals surface area contributed by atoms with Crippen LogP contribution in [0.1, 0.15) is 32.9 Å². The van der Waals surface area contributed by atoms with E-state index in [1.54, 1.807) is 6.07 Å². The Bertz CT molecular complexity index is 641. The highest BCUT2D eigenvalue weighted by molar-refractivity contribution is 14.0. The third-order valence-electron chi connectivity index (χ3n) is 4.06. The first-order valence-corrected chi connectivity index (χ1v) is 10.4. The molecule has 0 saturated carbocycles. The Morgan fingerprint density at radius 1 is 1.35 bits per heavy atom. The van der Waals surface area contributed by atoms with Gasteiger partial charge in [-0.2, -0.15) is 4.31 Å². The Balaban J connectivity index is 0.00000338. The number of hydrogen-bond acceptors (Lipinski definition) is 5. The number of aromatic nitrogens is 1. The maximum Gasteiger partial charge on any atom is 0.220 e. The normalized spacial score (nSPS) is 16.6. The third-order valence-corrected chi connectivity index (χ3v) is 5.87. The van der Waals surface area contributed by atoms with Crippen molar-refractivity contribution < 1.29 is 12.9 Å². The molecule has 0 radical (unpaired) electrons. The number of hydrogen-bond donors (Lipinski definition) is 1. The van der Waals surface area contributed by atoms with E-state index in [0.717, 1.165) is 25.5 Å². The van der Waals surface area contributed by atoms with E-state index in [-0.39, 0.29) is 29.7 Å². The van der Waals surface area contributed by atoms with Gasteiger partial charge in [-0.25, -0.2) is 8.42 Å². The Labute approximate surface area is 173 Å². The second-order valence-electron chi connectivity index (χ2n) is 6.55. The molecule has 1 aromatic heterocycles. The zero-order valence-electron chi connectivity index (χ0n) is 15.7. The number of piperazine rings is 1. The maximum atomic E-state index is 12.5. The van der Waals surface area contributed by atoms with Crippen molar-refractivity contribution in [2.24, 2.45) is 10.9 Å². The highest BCUT2D eigenvalue weighted by Crippen LogP contribution is 2.13. The van der Waals surface area contributed by atoms with Gasteiger partial charge in [0, 0.05) is 45.3 Å². The summed E-state index contributed by atoms with van der Waals surface area (Å²) < 4.78 is 31.2. The van der Waals surface area contributed by atoms with Gasteiger partial charge in [0.15, 0.2) is 5.96 Å². The summed E-state index contributed by atoms with van der Waals surface area (Å²) in [4.78, 5) is 6.80. The first-order chi connectivity index (χ1) is 11.9. The van der Waals surface area contributed by atoms with Crippen LogP contribution in [0.5, 0.6) is 0 Å². The predicted octanol–water partition coefficient (Wildman–Crippen LogP) is 1.75. The summed E-state index contributed by atoms with van der Waals surface area (Å²) in [5.74, 6) is 1.37. The second kappa shape index (κ2) is 11.1. The molecule has 1 aromatic rings. The zero-order chi connectivity index (χ0) is 18.3. The molecule has 1 aliphatic heterocycles. The molecule has 0 aliphatic carbocycles. The van der Waals surface area contributed by atoms with Crippen LogP contribution in [0.3, 0.4) is 0 Å². The highest BCUT2D eigenvalue weighted by atomic mass is 127. The lowest BCUT2D eigenvalue weighted by Gasteiger charge is -2.35. The summed E-state index contributed by atoms with van der Waals surface area (Å²) in [6, 6.07) is 1.58. The van der Waals surface area contributed by atoms with Gasteiger partial charge >= 0.3 is 0 Å². The topological polar surface area (TPSA) is 91.0 Å². The molecule has 0 atom stereocenters. The molecule has 0 unspecified atom stereocenters. The lowest BCUT2D eigenvalue weighted by atomic mass is 10.1. The highest BCUT2D eigenvalue weighted by Gasteiger charge is 2.28. The summed E-state index contributed by atoms with van der Waals surface area (Å²) >= 11 is 0. The van der Waals surface area contributed by atoms with Crippen molar-refractivity contribution in [3.05, 3.63) is 18.0 Å². The molecule has 10 heteroatoms. The van der Waals surface area contributed by atoms with E-state index in [1.807, 2.05) is 6.92 Å². The fourth-order valence-corrected chi connectivity index (χ4v) is 4.05. The summed E-state index contributed by atoms with van der Waals surface area (Å²) in [6.45, 7) is 10.1. The van der Waals surface area contributed by atoms with Crippen LogP contribution in [-0.2, 0) is 15.8 Å². The van der Waals surface area contributed by atoms with Gasteiger partial charge in [0.2, 0.25) is 10.0 Å². The van der Waals surface area contributed by atoms with Gasteiger partial charge in [-0.1, -0.05) is 19.0 Å². The molecule has 8 nitrogen and oxygen atoms in total. The first-order valence-electron chi connectivity index (χ1n) is 8.82. The number of halogens is 1. The van der Waals surface area contributed by atoms with Crippen molar-refractivity contribution in [1.82, 2.24) is 19.7 Å². The Kier molecular flexibility index (Phi) is 9.86. The van der Waals surface area contributed by atoms with Crippen LogP contribution in [0.4, 0.5) is 0 Å². The zero-order valence-corrected chi connectivity index (χ0v) is 18.9. The molecule has 1 fully saturated rings. The molecule has 2 rings (SSSR count). The second-order valence-corrected chi connectivity index (χ2v) is 8.52. The summed E-state index contributed by atoms with van der Waals surface area (Å²) in [6.07, 6.45) is 2.43. The average Bonchev–Trinajstić information content (AvgIpc) is 3.06. The number of nitrogens with zero attached hydrogens (tertiary/aromatic N) is 4. The first kappa shape index (κ1) is 23.2. The van der Waals surface area contributed by atoms with Crippen molar-refractivity contribution in [3.63, 3.8) is 0 Å². The quantitative estimate of drug-likeness (QED) is 0.349. The molecule has 150 valence electrons. The number of sulfonamides is 1. The van der Waals surface area contributed by atoms with Gasteiger partial charge in [0.1, 0.15) is 12.0 Å². The molecule has 1 aliphatic rings. The van der Waals surface area contributed by atoms with Crippen molar-refractivity contribution in [1.29, 1.82) is 0 Å². The van der Waals surface area contributed by atoms with Crippen LogP contribution >= 0.6 is 24.0 Å². The van der Waals surface area contributed by atoms with E-state index in [1.165, 1.54) is 10.6 Å². The van der Waals surface area contributed by atoms with Gasteiger partial charge < -0.3 is 14.7 Å². The fourth-order valence-electron chi connectivity index (χ4n) is 2.62. The molecule has 0 bridgehead atoms. The van der Waals surface area contributed by atoms with Crippen molar-refractivity contribution in [2.45, 2.75) is 32.9 Å². The van der Waals surface area contributed by atoms with Crippen molar-refractivity contribution >= 4 is 40.0 Å². The van der Waals surface area contributed by atoms with Gasteiger partial charge in [-0.05, 0) is 19.3 Å². The van der Waals surface area contributed by atoms with E-state index in [4.69, 9.17) is 4.52 Å². The van der Waals surface area contributed by atoms with Gasteiger partial charge in [0.25, 0.3) is 0 Å². The minimum atomic E-state index is -3.37. The number of rotatable bonds is 7. The Hall–Kier alpha value is -0.880. The number of guanidine groups is 1. The smallest absolute Gasteiger partial charge is 0.220 e. The molecule has 1 saturated heterocycles. The Morgan fingerprint density at radius 3 is 2.58 bits per heavy atom.